The number of hydrogen-bond donors (Lipinski definition) is 1. The SMILES string of the molecule is Cc1ccc2cccnc2c1S(=O)(=O)N1CC=CCC1C(=O)O. The molecular weight excluding hydrogens is 316 g/mol. The minimum Gasteiger partial charge on any atom is -0.480 e. The van der Waals surface area contributed by atoms with E-state index in [2.05, 4.69) is 4.98 Å². The summed E-state index contributed by atoms with van der Waals surface area (Å²) in [6, 6.07) is 5.94. The van der Waals surface area contributed by atoms with Crippen molar-refractivity contribution in [3.05, 3.63) is 48.2 Å². The van der Waals surface area contributed by atoms with Crippen molar-refractivity contribution < 1.29 is 18.3 Å². The van der Waals surface area contributed by atoms with Crippen LogP contribution >= 0.6 is 0 Å². The molecule has 0 saturated carbocycles. The molecule has 0 saturated heterocycles. The summed E-state index contributed by atoms with van der Waals surface area (Å²) in [5.41, 5.74) is 0.918. The average Bonchev–Trinajstić information content (AvgIpc) is 2.54. The van der Waals surface area contributed by atoms with Gasteiger partial charge in [-0.3, -0.25) is 9.78 Å². The molecule has 2 aromatic rings. The fourth-order valence-electron chi connectivity index (χ4n) is 2.80. The Hall–Kier alpha value is -2.25. The van der Waals surface area contributed by atoms with Crippen molar-refractivity contribution in [3.8, 4) is 0 Å². The lowest BCUT2D eigenvalue weighted by molar-refractivity contribution is -0.141. The van der Waals surface area contributed by atoms with Crippen molar-refractivity contribution >= 4 is 26.9 Å². The maximum Gasteiger partial charge on any atom is 0.322 e. The number of carboxylic acid groups (broad SMARTS) is 1. The molecule has 1 aliphatic rings. The first kappa shape index (κ1) is 15.6. The van der Waals surface area contributed by atoms with Crippen LogP contribution in [-0.2, 0) is 14.8 Å². The summed E-state index contributed by atoms with van der Waals surface area (Å²) in [5, 5.41) is 10.1. The molecule has 1 atom stereocenters. The second-order valence-corrected chi connectivity index (χ2v) is 7.25. The summed E-state index contributed by atoms with van der Waals surface area (Å²) in [6.45, 7) is 1.73. The lowest BCUT2D eigenvalue weighted by atomic mass is 10.1. The Labute approximate surface area is 134 Å². The van der Waals surface area contributed by atoms with Crippen LogP contribution in [0.25, 0.3) is 10.9 Å². The van der Waals surface area contributed by atoms with E-state index in [4.69, 9.17) is 0 Å². The highest BCUT2D eigenvalue weighted by Crippen LogP contribution is 2.30. The fourth-order valence-corrected chi connectivity index (χ4v) is 4.72. The Kier molecular flexibility index (Phi) is 3.91. The minimum absolute atomic E-state index is 0.0436. The van der Waals surface area contributed by atoms with Crippen LogP contribution < -0.4 is 0 Å². The first-order valence-electron chi connectivity index (χ1n) is 7.17. The number of carboxylic acids is 1. The average molecular weight is 332 g/mol. The number of aryl methyl sites for hydroxylation is 1. The summed E-state index contributed by atoms with van der Waals surface area (Å²) < 4.78 is 27.3. The number of sulfonamides is 1. The highest BCUT2D eigenvalue weighted by Gasteiger charge is 2.37. The van der Waals surface area contributed by atoms with Crippen LogP contribution in [0.3, 0.4) is 0 Å². The van der Waals surface area contributed by atoms with Gasteiger partial charge in [0.2, 0.25) is 10.0 Å². The summed E-state index contributed by atoms with van der Waals surface area (Å²) in [6.07, 6.45) is 5.06. The zero-order valence-corrected chi connectivity index (χ0v) is 13.3. The van der Waals surface area contributed by atoms with Gasteiger partial charge < -0.3 is 5.11 Å². The van der Waals surface area contributed by atoms with Crippen LogP contribution in [0.15, 0.2) is 47.5 Å². The maximum absolute atomic E-state index is 13.1. The summed E-state index contributed by atoms with van der Waals surface area (Å²) >= 11 is 0. The molecule has 1 aromatic carbocycles. The number of pyridine rings is 1. The largest absolute Gasteiger partial charge is 0.480 e. The highest BCUT2D eigenvalue weighted by atomic mass is 32.2. The number of benzene rings is 1. The lowest BCUT2D eigenvalue weighted by Crippen LogP contribution is -2.46. The first-order valence-corrected chi connectivity index (χ1v) is 8.61. The van der Waals surface area contributed by atoms with E-state index in [0.29, 0.717) is 16.5 Å². The van der Waals surface area contributed by atoms with E-state index >= 15 is 0 Å². The molecule has 120 valence electrons. The second-order valence-electron chi connectivity index (χ2n) is 5.42. The zero-order valence-electron chi connectivity index (χ0n) is 12.5. The zero-order chi connectivity index (χ0) is 16.6. The third kappa shape index (κ3) is 2.62. The van der Waals surface area contributed by atoms with Crippen LogP contribution in [-0.4, -0.2) is 41.4 Å². The van der Waals surface area contributed by atoms with Crippen molar-refractivity contribution in [1.29, 1.82) is 0 Å². The van der Waals surface area contributed by atoms with Gasteiger partial charge in [0.05, 0.1) is 5.52 Å². The second kappa shape index (κ2) is 5.75. The Bertz CT molecular complexity index is 905. The third-order valence-electron chi connectivity index (χ3n) is 3.94. The van der Waals surface area contributed by atoms with Gasteiger partial charge in [0, 0.05) is 18.1 Å². The van der Waals surface area contributed by atoms with E-state index in [1.54, 1.807) is 37.3 Å². The molecule has 0 spiro atoms. The molecule has 0 bridgehead atoms. The van der Waals surface area contributed by atoms with E-state index in [0.717, 1.165) is 4.31 Å². The Morgan fingerprint density at radius 3 is 2.83 bits per heavy atom. The molecular formula is C16H16N2O4S. The molecule has 3 rings (SSSR count). The molecule has 1 aliphatic heterocycles. The van der Waals surface area contributed by atoms with E-state index in [9.17, 15) is 18.3 Å². The van der Waals surface area contributed by atoms with Crippen molar-refractivity contribution in [2.75, 3.05) is 6.54 Å². The number of nitrogens with zero attached hydrogens (tertiary/aromatic N) is 2. The van der Waals surface area contributed by atoms with Crippen molar-refractivity contribution in [1.82, 2.24) is 9.29 Å². The number of carbonyl (C=O) groups is 1. The van der Waals surface area contributed by atoms with Crippen molar-refractivity contribution in [2.45, 2.75) is 24.3 Å². The fraction of sp³-hybridized carbons (Fsp3) is 0.250. The Balaban J connectivity index is 2.22. The molecule has 1 N–H and O–H groups in total. The molecule has 6 nitrogen and oxygen atoms in total. The molecule has 0 radical (unpaired) electrons. The van der Waals surface area contributed by atoms with Crippen LogP contribution in [0.4, 0.5) is 0 Å². The minimum atomic E-state index is -3.97. The molecule has 0 amide bonds. The summed E-state index contributed by atoms with van der Waals surface area (Å²) in [7, 11) is -3.97. The van der Waals surface area contributed by atoms with E-state index in [1.807, 2.05) is 6.07 Å². The number of fused-ring (bicyclic) bond motifs is 1. The van der Waals surface area contributed by atoms with Crippen LogP contribution in [0, 0.1) is 6.92 Å². The van der Waals surface area contributed by atoms with Gasteiger partial charge in [0.15, 0.2) is 0 Å². The van der Waals surface area contributed by atoms with Gasteiger partial charge in [-0.1, -0.05) is 30.4 Å². The topological polar surface area (TPSA) is 87.6 Å². The van der Waals surface area contributed by atoms with Gasteiger partial charge in [-0.05, 0) is 25.0 Å². The number of aliphatic carboxylic acids is 1. The van der Waals surface area contributed by atoms with Crippen LogP contribution in [0.2, 0.25) is 0 Å². The quantitative estimate of drug-likeness (QED) is 0.868. The Morgan fingerprint density at radius 2 is 2.09 bits per heavy atom. The van der Waals surface area contributed by atoms with Gasteiger partial charge in [0.1, 0.15) is 10.9 Å². The van der Waals surface area contributed by atoms with E-state index < -0.39 is 22.0 Å². The maximum atomic E-state index is 13.1. The van der Waals surface area contributed by atoms with Gasteiger partial charge in [-0.25, -0.2) is 8.42 Å². The molecule has 7 heteroatoms. The monoisotopic (exact) mass is 332 g/mol. The van der Waals surface area contributed by atoms with Gasteiger partial charge in [-0.15, -0.1) is 0 Å². The van der Waals surface area contributed by atoms with Gasteiger partial charge in [-0.2, -0.15) is 4.31 Å². The molecule has 0 fully saturated rings. The molecule has 23 heavy (non-hydrogen) atoms. The predicted molar refractivity (Wildman–Crippen MR) is 85.6 cm³/mol. The third-order valence-corrected chi connectivity index (χ3v) is 5.99. The summed E-state index contributed by atoms with van der Waals surface area (Å²) in [5.74, 6) is -1.15. The summed E-state index contributed by atoms with van der Waals surface area (Å²) in [4.78, 5) is 15.7. The normalized spacial score (nSPS) is 19.1. The lowest BCUT2D eigenvalue weighted by Gasteiger charge is -2.29. The molecule has 2 heterocycles. The number of rotatable bonds is 3. The highest BCUT2D eigenvalue weighted by molar-refractivity contribution is 7.89. The molecule has 1 unspecified atom stereocenters. The standard InChI is InChI=1S/C16H16N2O4S/c1-11-7-8-12-5-4-9-17-14(12)15(11)23(21,22)18-10-3-2-6-13(18)16(19)20/h2-5,7-9,13H,6,10H2,1H3,(H,19,20). The molecule has 1 aromatic heterocycles. The molecule has 0 aliphatic carbocycles. The van der Waals surface area contributed by atoms with E-state index in [1.165, 1.54) is 6.20 Å². The van der Waals surface area contributed by atoms with E-state index in [-0.39, 0.29) is 17.9 Å². The van der Waals surface area contributed by atoms with Gasteiger partial charge in [0.25, 0.3) is 0 Å². The predicted octanol–water partition coefficient (Wildman–Crippen LogP) is 1.95. The van der Waals surface area contributed by atoms with Crippen LogP contribution in [0.1, 0.15) is 12.0 Å². The number of aromatic nitrogens is 1. The van der Waals surface area contributed by atoms with Crippen molar-refractivity contribution in [3.63, 3.8) is 0 Å². The smallest absolute Gasteiger partial charge is 0.322 e. The number of hydrogen-bond acceptors (Lipinski definition) is 4. The Morgan fingerprint density at radius 1 is 1.30 bits per heavy atom. The van der Waals surface area contributed by atoms with Gasteiger partial charge >= 0.3 is 5.97 Å². The van der Waals surface area contributed by atoms with Crippen LogP contribution in [0.5, 0.6) is 0 Å². The first-order chi connectivity index (χ1) is 10.9. The van der Waals surface area contributed by atoms with Crippen molar-refractivity contribution in [2.24, 2.45) is 0 Å².